The maximum Gasteiger partial charge on any atom is 0.332 e. The standard InChI is InChI=1S/C22H21N5O11/c1-24-19-18(21(32)25(2)22(24)33)26(11-23-19)20(31)16(29)10-15(28)12-7-13(36-3)9-14(8-12)38-17(30)5-4-6-37-27(34)35/h7-9,11H,4-6,10H2,1-3H3. The molecule has 0 saturated heterocycles. The number of carbonyl (C=O) groups is 4. The van der Waals surface area contributed by atoms with Crippen LogP contribution in [0, 0.1) is 10.1 Å². The molecule has 0 unspecified atom stereocenters. The van der Waals surface area contributed by atoms with E-state index in [0.717, 1.165) is 21.5 Å². The lowest BCUT2D eigenvalue weighted by Crippen LogP contribution is -2.38. The number of fused-ring (bicyclic) bond motifs is 1. The van der Waals surface area contributed by atoms with Crippen LogP contribution in [0.1, 0.15) is 34.4 Å². The molecule has 200 valence electrons. The maximum atomic E-state index is 12.8. The van der Waals surface area contributed by atoms with E-state index in [0.29, 0.717) is 4.57 Å². The molecule has 2 aromatic heterocycles. The van der Waals surface area contributed by atoms with Crippen molar-refractivity contribution in [2.45, 2.75) is 19.3 Å². The highest BCUT2D eigenvalue weighted by Gasteiger charge is 2.25. The Kier molecular flexibility index (Phi) is 8.14. The molecule has 0 aliphatic heterocycles. The predicted octanol–water partition coefficient (Wildman–Crippen LogP) is -0.181. The Morgan fingerprint density at radius 3 is 2.39 bits per heavy atom. The molecule has 0 amide bonds. The number of methoxy groups -OCH3 is 1. The molecule has 16 nitrogen and oxygen atoms in total. The van der Waals surface area contributed by atoms with Crippen molar-refractivity contribution in [1.82, 2.24) is 18.7 Å². The van der Waals surface area contributed by atoms with Gasteiger partial charge in [0.05, 0.1) is 20.1 Å². The number of imidazole rings is 1. The topological polar surface area (TPSA) is 201 Å². The molecular weight excluding hydrogens is 510 g/mol. The third-order valence-corrected chi connectivity index (χ3v) is 5.32. The molecule has 0 fully saturated rings. The smallest absolute Gasteiger partial charge is 0.332 e. The van der Waals surface area contributed by atoms with Crippen molar-refractivity contribution in [1.29, 1.82) is 0 Å². The third-order valence-electron chi connectivity index (χ3n) is 5.32. The fourth-order valence-electron chi connectivity index (χ4n) is 3.40. The quantitative estimate of drug-likeness (QED) is 0.0462. The van der Waals surface area contributed by atoms with Crippen molar-refractivity contribution >= 4 is 34.6 Å². The second-order valence-corrected chi connectivity index (χ2v) is 7.85. The van der Waals surface area contributed by atoms with Gasteiger partial charge in [-0.25, -0.2) is 9.78 Å². The number of Topliss-reactive ketones (excluding diaryl/α,β-unsaturated/α-hetero) is 2. The highest BCUT2D eigenvalue weighted by atomic mass is 16.9. The van der Waals surface area contributed by atoms with Crippen molar-refractivity contribution in [3.63, 3.8) is 0 Å². The van der Waals surface area contributed by atoms with E-state index in [4.69, 9.17) is 9.47 Å². The van der Waals surface area contributed by atoms with Crippen LogP contribution in [0.2, 0.25) is 0 Å². The first-order valence-corrected chi connectivity index (χ1v) is 10.9. The SMILES string of the molecule is COc1cc(OC(=O)CCCO[N+](=O)[O-])cc(C(=O)CC(=O)C(=O)n2cnc3c2c(=O)n(C)c(=O)n3C)c1. The molecule has 0 aliphatic carbocycles. The number of ketones is 2. The Balaban J connectivity index is 1.77. The molecule has 16 heteroatoms. The van der Waals surface area contributed by atoms with Crippen LogP contribution in [0.3, 0.4) is 0 Å². The van der Waals surface area contributed by atoms with Crippen molar-refractivity contribution in [3.8, 4) is 11.5 Å². The normalized spacial score (nSPS) is 10.7. The van der Waals surface area contributed by atoms with Gasteiger partial charge in [-0.05, 0) is 18.6 Å². The Morgan fingerprint density at radius 1 is 1.05 bits per heavy atom. The second-order valence-electron chi connectivity index (χ2n) is 7.85. The molecule has 3 aromatic rings. The average Bonchev–Trinajstić information content (AvgIpc) is 3.33. The lowest BCUT2D eigenvalue weighted by atomic mass is 10.0. The number of benzene rings is 1. The fraction of sp³-hybridized carbons (Fsp3) is 0.318. The zero-order valence-electron chi connectivity index (χ0n) is 20.4. The molecule has 0 spiro atoms. The Morgan fingerprint density at radius 2 is 1.74 bits per heavy atom. The molecule has 0 saturated carbocycles. The van der Waals surface area contributed by atoms with Gasteiger partial charge in [0.1, 0.15) is 17.8 Å². The lowest BCUT2D eigenvalue weighted by Gasteiger charge is -2.09. The minimum Gasteiger partial charge on any atom is -0.497 e. The van der Waals surface area contributed by atoms with Gasteiger partial charge in [-0.3, -0.25) is 37.7 Å². The van der Waals surface area contributed by atoms with E-state index in [2.05, 4.69) is 9.82 Å². The number of aryl methyl sites for hydroxylation is 1. The summed E-state index contributed by atoms with van der Waals surface area (Å²) in [6.45, 7) is -0.311. The summed E-state index contributed by atoms with van der Waals surface area (Å²) >= 11 is 0. The van der Waals surface area contributed by atoms with Crippen molar-refractivity contribution < 1.29 is 38.6 Å². The summed E-state index contributed by atoms with van der Waals surface area (Å²) in [6.07, 6.45) is -0.197. The van der Waals surface area contributed by atoms with Crippen molar-refractivity contribution in [3.05, 3.63) is 61.0 Å². The summed E-state index contributed by atoms with van der Waals surface area (Å²) in [5, 5.41) is 9.16. The van der Waals surface area contributed by atoms with Gasteiger partial charge in [0.2, 0.25) is 5.78 Å². The van der Waals surface area contributed by atoms with E-state index >= 15 is 0 Å². The van der Waals surface area contributed by atoms with E-state index in [1.54, 1.807) is 0 Å². The zero-order valence-corrected chi connectivity index (χ0v) is 20.4. The molecule has 3 rings (SSSR count). The molecule has 0 bridgehead atoms. The summed E-state index contributed by atoms with van der Waals surface area (Å²) in [6, 6.07) is 3.72. The number of rotatable bonds is 11. The summed E-state index contributed by atoms with van der Waals surface area (Å²) in [5.74, 6) is -3.96. The summed E-state index contributed by atoms with van der Waals surface area (Å²) < 4.78 is 12.7. The number of nitrogens with zero attached hydrogens (tertiary/aromatic N) is 5. The molecule has 0 N–H and O–H groups in total. The van der Waals surface area contributed by atoms with Crippen LogP contribution in [0.25, 0.3) is 11.2 Å². The number of aromatic nitrogens is 4. The molecule has 1 aromatic carbocycles. The molecule has 38 heavy (non-hydrogen) atoms. The van der Waals surface area contributed by atoms with E-state index < -0.39 is 46.2 Å². The van der Waals surface area contributed by atoms with Crippen LogP contribution in [0.15, 0.2) is 34.1 Å². The number of hydrogen-bond acceptors (Lipinski definition) is 12. The number of ether oxygens (including phenoxy) is 2. The van der Waals surface area contributed by atoms with Gasteiger partial charge in [0, 0.05) is 32.1 Å². The van der Waals surface area contributed by atoms with E-state index in [1.165, 1.54) is 33.3 Å². The van der Waals surface area contributed by atoms with E-state index in [9.17, 15) is 38.9 Å². The molecular formula is C22H21N5O11. The van der Waals surface area contributed by atoms with Crippen LogP contribution in [0.5, 0.6) is 11.5 Å². The number of hydrogen-bond donors (Lipinski definition) is 0. The monoisotopic (exact) mass is 531 g/mol. The van der Waals surface area contributed by atoms with Gasteiger partial charge in [-0.15, -0.1) is 10.1 Å². The Bertz CT molecular complexity index is 1580. The van der Waals surface area contributed by atoms with Gasteiger partial charge in [-0.1, -0.05) is 0 Å². The lowest BCUT2D eigenvalue weighted by molar-refractivity contribution is -0.757. The van der Waals surface area contributed by atoms with Crippen LogP contribution in [-0.4, -0.2) is 60.9 Å². The van der Waals surface area contributed by atoms with Crippen molar-refractivity contribution in [2.24, 2.45) is 14.1 Å². The molecule has 2 heterocycles. The Labute approximate surface area is 212 Å². The first-order valence-electron chi connectivity index (χ1n) is 10.9. The minimum absolute atomic E-state index is 0.00633. The number of esters is 1. The third kappa shape index (κ3) is 5.80. The number of carbonyl (C=O) groups excluding carboxylic acids is 4. The summed E-state index contributed by atoms with van der Waals surface area (Å²) in [7, 11) is 3.83. The van der Waals surface area contributed by atoms with Crippen molar-refractivity contribution in [2.75, 3.05) is 13.7 Å². The second kappa shape index (κ2) is 11.3. The minimum atomic E-state index is -1.22. The van der Waals surface area contributed by atoms with E-state index in [1.807, 2.05) is 0 Å². The zero-order chi connectivity index (χ0) is 28.1. The van der Waals surface area contributed by atoms with E-state index in [-0.39, 0.29) is 47.7 Å². The highest BCUT2D eigenvalue weighted by Crippen LogP contribution is 2.24. The van der Waals surface area contributed by atoms with Crippen LogP contribution >= 0.6 is 0 Å². The largest absolute Gasteiger partial charge is 0.497 e. The predicted molar refractivity (Wildman–Crippen MR) is 126 cm³/mol. The molecule has 0 radical (unpaired) electrons. The molecule has 0 aliphatic rings. The van der Waals surface area contributed by atoms with Gasteiger partial charge < -0.3 is 14.3 Å². The first-order chi connectivity index (χ1) is 17.9. The maximum absolute atomic E-state index is 12.8. The Hall–Kier alpha value is -5.15. The first kappa shape index (κ1) is 27.4. The molecule has 0 atom stereocenters. The summed E-state index contributed by atoms with van der Waals surface area (Å²) in [4.78, 5) is 93.0. The average molecular weight is 531 g/mol. The van der Waals surface area contributed by atoms with Gasteiger partial charge in [-0.2, -0.15) is 0 Å². The van der Waals surface area contributed by atoms with Gasteiger partial charge in [0.15, 0.2) is 16.9 Å². The van der Waals surface area contributed by atoms with Crippen LogP contribution in [0.4, 0.5) is 0 Å². The fourth-order valence-corrected chi connectivity index (χ4v) is 3.40. The van der Waals surface area contributed by atoms with Gasteiger partial charge >= 0.3 is 11.7 Å². The highest BCUT2D eigenvalue weighted by molar-refractivity contribution is 6.41. The van der Waals surface area contributed by atoms with Gasteiger partial charge in [0.25, 0.3) is 16.6 Å². The summed E-state index contributed by atoms with van der Waals surface area (Å²) in [5.41, 5.74) is -2.06. The van der Waals surface area contributed by atoms with Crippen LogP contribution < -0.4 is 20.7 Å². The van der Waals surface area contributed by atoms with Crippen LogP contribution in [-0.2, 0) is 28.5 Å².